The molecule has 3 amide bonds. The number of nitrogens with two attached hydrogens (primary N) is 1. The summed E-state index contributed by atoms with van der Waals surface area (Å²) in [7, 11) is 0. The molecule has 5 N–H and O–H groups in total. The fourth-order valence-electron chi connectivity index (χ4n) is 2.39. The first-order chi connectivity index (χ1) is 14.3. The van der Waals surface area contributed by atoms with Crippen molar-refractivity contribution in [1.82, 2.24) is 10.6 Å². The molecule has 1 rings (SSSR count). The number of nitrogens with one attached hydrogen (secondary N) is 3. The highest BCUT2D eigenvalue weighted by Crippen LogP contribution is 2.29. The number of rotatable bonds is 9. The van der Waals surface area contributed by atoms with Crippen LogP contribution in [0.1, 0.15) is 31.7 Å². The van der Waals surface area contributed by atoms with Gasteiger partial charge in [0.2, 0.25) is 11.8 Å². The van der Waals surface area contributed by atoms with Crippen molar-refractivity contribution in [2.75, 3.05) is 11.9 Å². The topological polar surface area (TPSA) is 113 Å². The average molecular weight is 456 g/mol. The molecule has 7 nitrogen and oxygen atoms in total. The number of halogens is 6. The number of benzene rings is 1. The number of unbranched alkanes of at least 4 members (excludes halogenated alkanes) is 1. The van der Waals surface area contributed by atoms with Gasteiger partial charge in [-0.05, 0) is 57.0 Å². The van der Waals surface area contributed by atoms with Crippen molar-refractivity contribution in [2.45, 2.75) is 50.6 Å². The number of hydrogen-bond acceptors (Lipinski definition) is 5. The number of amides is 3. The average Bonchev–Trinajstić information content (AvgIpc) is 2.66. The molecule has 0 aliphatic carbocycles. The highest BCUT2D eigenvalue weighted by atomic mass is 19.4. The van der Waals surface area contributed by atoms with Crippen LogP contribution in [-0.2, 0) is 20.6 Å². The predicted octanol–water partition coefficient (Wildman–Crippen LogP) is 2.32. The first-order valence-electron chi connectivity index (χ1n) is 9.12. The quantitative estimate of drug-likeness (QED) is 0.337. The monoisotopic (exact) mass is 456 g/mol. The number of imide groups is 1. The molecule has 0 bridgehead atoms. The largest absolute Gasteiger partial charge is 0.471 e. The Morgan fingerprint density at radius 1 is 0.968 bits per heavy atom. The number of carbonyl (C=O) groups is 3. The zero-order valence-corrected chi connectivity index (χ0v) is 16.4. The van der Waals surface area contributed by atoms with Gasteiger partial charge >= 0.3 is 18.3 Å². The lowest BCUT2D eigenvalue weighted by molar-refractivity contribution is -0.174. The van der Waals surface area contributed by atoms with Gasteiger partial charge in [0.05, 0.1) is 5.56 Å². The van der Waals surface area contributed by atoms with E-state index in [2.05, 4.69) is 5.32 Å². The summed E-state index contributed by atoms with van der Waals surface area (Å²) in [6.07, 6.45) is -9.33. The summed E-state index contributed by atoms with van der Waals surface area (Å²) in [5.74, 6) is -4.43. The fourth-order valence-corrected chi connectivity index (χ4v) is 2.39. The lowest BCUT2D eigenvalue weighted by Gasteiger charge is -2.20. The molecule has 0 spiro atoms. The highest BCUT2D eigenvalue weighted by Gasteiger charge is 2.41. The van der Waals surface area contributed by atoms with Crippen LogP contribution in [-0.4, -0.2) is 42.5 Å². The summed E-state index contributed by atoms with van der Waals surface area (Å²) in [6.45, 7) is 1.51. The van der Waals surface area contributed by atoms with Crippen LogP contribution in [0.25, 0.3) is 0 Å². The van der Waals surface area contributed by atoms with E-state index in [0.29, 0.717) is 6.42 Å². The predicted molar refractivity (Wildman–Crippen MR) is 98.6 cm³/mol. The fraction of sp³-hybridized carbons (Fsp3) is 0.500. The van der Waals surface area contributed by atoms with Crippen molar-refractivity contribution in [2.24, 2.45) is 5.73 Å². The molecule has 2 atom stereocenters. The molecule has 174 valence electrons. The van der Waals surface area contributed by atoms with E-state index in [1.54, 1.807) is 0 Å². The van der Waals surface area contributed by atoms with Gasteiger partial charge in [0.25, 0.3) is 0 Å². The van der Waals surface area contributed by atoms with Gasteiger partial charge in [0, 0.05) is 5.69 Å². The molecule has 0 radical (unpaired) electrons. The Labute approximate surface area is 173 Å². The van der Waals surface area contributed by atoms with Crippen LogP contribution >= 0.6 is 0 Å². The molecular formula is C18H22F6N4O3. The van der Waals surface area contributed by atoms with E-state index < -0.39 is 47.7 Å². The van der Waals surface area contributed by atoms with Gasteiger partial charge in [-0.1, -0.05) is 0 Å². The van der Waals surface area contributed by atoms with Crippen molar-refractivity contribution < 1.29 is 40.7 Å². The Kier molecular flexibility index (Phi) is 9.28. The van der Waals surface area contributed by atoms with Gasteiger partial charge in [-0.3, -0.25) is 19.7 Å². The van der Waals surface area contributed by atoms with E-state index in [1.807, 2.05) is 5.32 Å². The van der Waals surface area contributed by atoms with Gasteiger partial charge in [-0.15, -0.1) is 0 Å². The second-order valence-corrected chi connectivity index (χ2v) is 6.60. The van der Waals surface area contributed by atoms with Gasteiger partial charge in [-0.25, -0.2) is 0 Å². The Bertz CT molecular complexity index is 765. The minimum atomic E-state index is -5.21. The van der Waals surface area contributed by atoms with Crippen molar-refractivity contribution >= 4 is 23.4 Å². The van der Waals surface area contributed by atoms with E-state index in [0.717, 1.165) is 24.3 Å². The number of alkyl halides is 6. The van der Waals surface area contributed by atoms with Crippen LogP contribution in [0.2, 0.25) is 0 Å². The van der Waals surface area contributed by atoms with E-state index >= 15 is 0 Å². The van der Waals surface area contributed by atoms with Crippen molar-refractivity contribution in [3.05, 3.63) is 29.8 Å². The molecular weight excluding hydrogens is 434 g/mol. The normalized spacial score (nSPS) is 13.8. The maximum absolute atomic E-state index is 12.6. The van der Waals surface area contributed by atoms with E-state index in [9.17, 15) is 40.7 Å². The minimum absolute atomic E-state index is 0.146. The zero-order valence-electron chi connectivity index (χ0n) is 16.4. The molecule has 0 heterocycles. The maximum Gasteiger partial charge on any atom is 0.471 e. The van der Waals surface area contributed by atoms with Crippen LogP contribution in [0.5, 0.6) is 0 Å². The SMILES string of the molecule is C[C@H](Nc1ccc(C(F)(F)F)cc1)C(=O)NC(=O)[C@H](CCCCN)NC(=O)C(F)(F)F. The first-order valence-corrected chi connectivity index (χ1v) is 9.12. The van der Waals surface area contributed by atoms with Crippen LogP contribution in [0.3, 0.4) is 0 Å². The molecule has 0 aliphatic rings. The molecule has 0 aromatic heterocycles. The van der Waals surface area contributed by atoms with E-state index in [4.69, 9.17) is 5.73 Å². The molecule has 0 aliphatic heterocycles. The second kappa shape index (κ2) is 11.0. The van der Waals surface area contributed by atoms with Gasteiger partial charge in [0.15, 0.2) is 0 Å². The van der Waals surface area contributed by atoms with Crippen molar-refractivity contribution in [1.29, 1.82) is 0 Å². The number of carbonyl (C=O) groups excluding carboxylic acids is 3. The lowest BCUT2D eigenvalue weighted by Crippen LogP contribution is -2.53. The molecule has 0 unspecified atom stereocenters. The highest BCUT2D eigenvalue weighted by molar-refractivity contribution is 6.02. The summed E-state index contributed by atoms with van der Waals surface area (Å²) in [5.41, 5.74) is 4.54. The van der Waals surface area contributed by atoms with Crippen LogP contribution in [0.15, 0.2) is 24.3 Å². The van der Waals surface area contributed by atoms with E-state index in [-0.39, 0.29) is 25.1 Å². The smallest absolute Gasteiger partial charge is 0.374 e. The summed E-state index contributed by atoms with van der Waals surface area (Å²) >= 11 is 0. The molecule has 0 saturated carbocycles. The van der Waals surface area contributed by atoms with Gasteiger partial charge < -0.3 is 16.4 Å². The third-order valence-electron chi connectivity index (χ3n) is 4.06. The van der Waals surface area contributed by atoms with Gasteiger partial charge in [0.1, 0.15) is 12.1 Å². The van der Waals surface area contributed by atoms with Gasteiger partial charge in [-0.2, -0.15) is 26.3 Å². The Hall–Kier alpha value is -2.83. The molecule has 31 heavy (non-hydrogen) atoms. The molecule has 1 aromatic carbocycles. The zero-order chi connectivity index (χ0) is 23.8. The number of hydrogen-bond donors (Lipinski definition) is 4. The van der Waals surface area contributed by atoms with E-state index in [1.165, 1.54) is 12.2 Å². The van der Waals surface area contributed by atoms with Crippen molar-refractivity contribution in [3.8, 4) is 0 Å². The molecule has 0 fully saturated rings. The molecule has 1 aromatic rings. The third kappa shape index (κ3) is 8.82. The third-order valence-corrected chi connectivity index (χ3v) is 4.06. The Morgan fingerprint density at radius 3 is 2.03 bits per heavy atom. The van der Waals surface area contributed by atoms with Crippen LogP contribution < -0.4 is 21.7 Å². The summed E-state index contributed by atoms with van der Waals surface area (Å²) < 4.78 is 75.2. The van der Waals surface area contributed by atoms with Crippen molar-refractivity contribution in [3.63, 3.8) is 0 Å². The summed E-state index contributed by atoms with van der Waals surface area (Å²) in [4.78, 5) is 35.5. The lowest BCUT2D eigenvalue weighted by atomic mass is 10.1. The maximum atomic E-state index is 12.6. The van der Waals surface area contributed by atoms with Crippen LogP contribution in [0.4, 0.5) is 32.0 Å². The summed E-state index contributed by atoms with van der Waals surface area (Å²) in [5, 5.41) is 5.99. The molecule has 0 saturated heterocycles. The number of anilines is 1. The minimum Gasteiger partial charge on any atom is -0.374 e. The molecule has 13 heteroatoms. The first kappa shape index (κ1) is 26.2. The standard InChI is InChI=1S/C18H22F6N4O3/c1-10(26-12-7-5-11(6-8-12)17(19,20)21)14(29)28-15(30)13(4-2-3-9-25)27-16(31)18(22,23)24/h5-8,10,13,26H,2-4,9,25H2,1H3,(H,27,31)(H,28,29,30)/t10-,13-/m0/s1. The summed E-state index contributed by atoms with van der Waals surface area (Å²) in [6, 6.07) is 0.990. The Balaban J connectivity index is 2.75. The Morgan fingerprint density at radius 2 is 1.55 bits per heavy atom. The second-order valence-electron chi connectivity index (χ2n) is 6.60. The van der Waals surface area contributed by atoms with Crippen LogP contribution in [0, 0.1) is 0 Å².